The van der Waals surface area contributed by atoms with E-state index in [4.69, 9.17) is 4.52 Å². The molecular weight excluding hydrogens is 300 g/mol. The molecule has 1 aliphatic rings. The van der Waals surface area contributed by atoms with Crippen LogP contribution in [0.5, 0.6) is 0 Å². The molecule has 0 unspecified atom stereocenters. The number of aryl methyl sites for hydroxylation is 1. The van der Waals surface area contributed by atoms with Crippen molar-refractivity contribution in [3.63, 3.8) is 0 Å². The molecule has 2 heterocycles. The molecule has 1 fully saturated rings. The molecule has 1 saturated heterocycles. The van der Waals surface area contributed by atoms with Gasteiger partial charge in [-0.3, -0.25) is 9.80 Å². The summed E-state index contributed by atoms with van der Waals surface area (Å²) in [5.41, 5.74) is 1.25. The molecule has 0 N–H and O–H groups in total. The minimum absolute atomic E-state index is 0.576. The third-order valence-corrected chi connectivity index (χ3v) is 4.54. The number of likely N-dealkylation sites (tertiary alicyclic amines) is 1. The van der Waals surface area contributed by atoms with Crippen molar-refractivity contribution in [2.24, 2.45) is 0 Å². The summed E-state index contributed by atoms with van der Waals surface area (Å²) in [5, 5.41) is 4.01. The Bertz CT molecular complexity index is 652. The molecule has 2 aromatic rings. The summed E-state index contributed by atoms with van der Waals surface area (Å²) >= 11 is 0. The molecule has 128 valence electrons. The Morgan fingerprint density at radius 3 is 2.92 bits per heavy atom. The number of piperidine rings is 1. The van der Waals surface area contributed by atoms with E-state index in [1.807, 2.05) is 13.0 Å². The zero-order valence-corrected chi connectivity index (χ0v) is 14.6. The summed E-state index contributed by atoms with van der Waals surface area (Å²) in [6.07, 6.45) is 6.90. The van der Waals surface area contributed by atoms with Gasteiger partial charge in [-0.05, 0) is 32.0 Å². The number of hydrogen-bond donors (Lipinski definition) is 0. The standard InChI is InChI=1S/C19H26N4O/c1-16-20-19(21-24-16)15-23-13-7-11-18(14-23)22(2)12-6-10-17-8-4-3-5-9-17/h3-6,8-10,18H,7,11-15H2,1-2H3/b10-6+/t18-/m1/s1. The van der Waals surface area contributed by atoms with Crippen LogP contribution in [0.25, 0.3) is 6.08 Å². The molecule has 5 nitrogen and oxygen atoms in total. The Hall–Kier alpha value is -1.98. The Kier molecular flexibility index (Phi) is 5.77. The second-order valence-corrected chi connectivity index (χ2v) is 6.51. The summed E-state index contributed by atoms with van der Waals surface area (Å²) < 4.78 is 5.07. The van der Waals surface area contributed by atoms with Crippen molar-refractivity contribution in [3.05, 3.63) is 53.7 Å². The molecule has 0 radical (unpaired) electrons. The molecular formula is C19H26N4O. The van der Waals surface area contributed by atoms with Gasteiger partial charge < -0.3 is 4.52 Å². The average Bonchev–Trinajstić information content (AvgIpc) is 3.01. The van der Waals surface area contributed by atoms with E-state index in [9.17, 15) is 0 Å². The van der Waals surface area contributed by atoms with Crippen LogP contribution in [-0.2, 0) is 6.54 Å². The lowest BCUT2D eigenvalue weighted by Gasteiger charge is -2.36. The number of benzene rings is 1. The Balaban J connectivity index is 1.49. The summed E-state index contributed by atoms with van der Waals surface area (Å²) in [5.74, 6) is 1.43. The number of rotatable bonds is 6. The van der Waals surface area contributed by atoms with Crippen molar-refractivity contribution in [2.45, 2.75) is 32.4 Å². The van der Waals surface area contributed by atoms with Gasteiger partial charge in [0.05, 0.1) is 6.54 Å². The fourth-order valence-electron chi connectivity index (χ4n) is 3.21. The lowest BCUT2D eigenvalue weighted by molar-refractivity contribution is 0.116. The van der Waals surface area contributed by atoms with Gasteiger partial charge in [-0.25, -0.2) is 0 Å². The van der Waals surface area contributed by atoms with Gasteiger partial charge in [-0.15, -0.1) is 0 Å². The largest absolute Gasteiger partial charge is 0.340 e. The SMILES string of the molecule is Cc1nc(CN2CCC[C@@H](N(C)C/C=C/c3ccccc3)C2)no1. The van der Waals surface area contributed by atoms with Gasteiger partial charge >= 0.3 is 0 Å². The smallest absolute Gasteiger partial charge is 0.223 e. The van der Waals surface area contributed by atoms with Crippen molar-refractivity contribution >= 4 is 6.08 Å². The predicted molar refractivity (Wildman–Crippen MR) is 95.4 cm³/mol. The van der Waals surface area contributed by atoms with Gasteiger partial charge in [0.25, 0.3) is 0 Å². The Labute approximate surface area is 144 Å². The molecule has 24 heavy (non-hydrogen) atoms. The van der Waals surface area contributed by atoms with E-state index in [1.54, 1.807) is 0 Å². The molecule has 5 heteroatoms. The van der Waals surface area contributed by atoms with Crippen LogP contribution in [0.15, 0.2) is 40.9 Å². The van der Waals surface area contributed by atoms with Crippen LogP contribution in [-0.4, -0.2) is 52.7 Å². The molecule has 1 aromatic heterocycles. The van der Waals surface area contributed by atoms with Crippen molar-refractivity contribution in [1.82, 2.24) is 19.9 Å². The summed E-state index contributed by atoms with van der Waals surface area (Å²) in [6, 6.07) is 11.0. The van der Waals surface area contributed by atoms with Gasteiger partial charge in [0.2, 0.25) is 5.89 Å². The van der Waals surface area contributed by atoms with E-state index >= 15 is 0 Å². The third kappa shape index (κ3) is 4.76. The molecule has 1 atom stereocenters. The maximum atomic E-state index is 5.07. The molecule has 0 aliphatic carbocycles. The van der Waals surface area contributed by atoms with Crippen LogP contribution in [0, 0.1) is 6.92 Å². The quantitative estimate of drug-likeness (QED) is 0.816. The van der Waals surface area contributed by atoms with Crippen LogP contribution in [0.4, 0.5) is 0 Å². The fourth-order valence-corrected chi connectivity index (χ4v) is 3.21. The first-order chi connectivity index (χ1) is 11.7. The van der Waals surface area contributed by atoms with Crippen LogP contribution in [0.2, 0.25) is 0 Å². The molecule has 0 saturated carbocycles. The Morgan fingerprint density at radius 1 is 1.33 bits per heavy atom. The Morgan fingerprint density at radius 2 is 2.17 bits per heavy atom. The number of aromatic nitrogens is 2. The van der Waals surface area contributed by atoms with Crippen LogP contribution in [0.3, 0.4) is 0 Å². The zero-order valence-electron chi connectivity index (χ0n) is 14.6. The van der Waals surface area contributed by atoms with Crippen LogP contribution < -0.4 is 0 Å². The average molecular weight is 326 g/mol. The van der Waals surface area contributed by atoms with E-state index in [0.717, 1.165) is 32.0 Å². The first kappa shape index (κ1) is 16.9. The van der Waals surface area contributed by atoms with Gasteiger partial charge in [0.1, 0.15) is 0 Å². The van der Waals surface area contributed by atoms with E-state index in [0.29, 0.717) is 11.9 Å². The highest BCUT2D eigenvalue weighted by Crippen LogP contribution is 2.16. The minimum Gasteiger partial charge on any atom is -0.340 e. The van der Waals surface area contributed by atoms with Crippen LogP contribution >= 0.6 is 0 Å². The van der Waals surface area contributed by atoms with Crippen molar-refractivity contribution in [3.8, 4) is 0 Å². The summed E-state index contributed by atoms with van der Waals surface area (Å²) in [6.45, 7) is 5.75. The molecule has 0 bridgehead atoms. The normalized spacial score (nSPS) is 19.4. The third-order valence-electron chi connectivity index (χ3n) is 4.54. The monoisotopic (exact) mass is 326 g/mol. The molecule has 3 rings (SSSR count). The second kappa shape index (κ2) is 8.22. The summed E-state index contributed by atoms with van der Waals surface area (Å²) in [7, 11) is 2.21. The lowest BCUT2D eigenvalue weighted by Crippen LogP contribution is -2.46. The topological polar surface area (TPSA) is 45.4 Å². The molecule has 0 spiro atoms. The highest BCUT2D eigenvalue weighted by Gasteiger charge is 2.23. The molecule has 0 amide bonds. The number of nitrogens with zero attached hydrogens (tertiary/aromatic N) is 4. The van der Waals surface area contributed by atoms with E-state index in [-0.39, 0.29) is 0 Å². The second-order valence-electron chi connectivity index (χ2n) is 6.51. The fraction of sp³-hybridized carbons (Fsp3) is 0.474. The van der Waals surface area contributed by atoms with Crippen molar-refractivity contribution < 1.29 is 4.52 Å². The van der Waals surface area contributed by atoms with E-state index in [1.165, 1.54) is 18.4 Å². The molecule has 1 aromatic carbocycles. The predicted octanol–water partition coefficient (Wildman–Crippen LogP) is 2.99. The van der Waals surface area contributed by atoms with Gasteiger partial charge in [-0.1, -0.05) is 47.6 Å². The van der Waals surface area contributed by atoms with Gasteiger partial charge in [0.15, 0.2) is 5.82 Å². The number of likely N-dealkylation sites (N-methyl/N-ethyl adjacent to an activating group) is 1. The van der Waals surface area contributed by atoms with E-state index < -0.39 is 0 Å². The maximum absolute atomic E-state index is 5.07. The van der Waals surface area contributed by atoms with E-state index in [2.05, 4.69) is 63.4 Å². The first-order valence-electron chi connectivity index (χ1n) is 8.64. The van der Waals surface area contributed by atoms with Gasteiger partial charge in [0, 0.05) is 26.1 Å². The highest BCUT2D eigenvalue weighted by atomic mass is 16.5. The highest BCUT2D eigenvalue weighted by molar-refractivity contribution is 5.48. The summed E-state index contributed by atoms with van der Waals surface area (Å²) in [4.78, 5) is 9.18. The zero-order chi connectivity index (χ0) is 16.8. The minimum atomic E-state index is 0.576. The van der Waals surface area contributed by atoms with Crippen LogP contribution in [0.1, 0.15) is 30.1 Å². The first-order valence-corrected chi connectivity index (χ1v) is 8.64. The van der Waals surface area contributed by atoms with Crippen molar-refractivity contribution in [2.75, 3.05) is 26.7 Å². The van der Waals surface area contributed by atoms with Crippen molar-refractivity contribution in [1.29, 1.82) is 0 Å². The van der Waals surface area contributed by atoms with Gasteiger partial charge in [-0.2, -0.15) is 4.98 Å². The molecule has 1 aliphatic heterocycles. The lowest BCUT2D eigenvalue weighted by atomic mass is 10.0. The maximum Gasteiger partial charge on any atom is 0.223 e. The number of hydrogen-bond acceptors (Lipinski definition) is 5.